The molecule has 3 heteroatoms. The summed E-state index contributed by atoms with van der Waals surface area (Å²) in [6.45, 7) is 5.09. The maximum Gasteiger partial charge on any atom is 0.128 e. The average molecular weight is 234 g/mol. The van der Waals surface area contributed by atoms with E-state index in [4.69, 9.17) is 0 Å². The Hall–Kier alpha value is -1.09. The molecule has 0 amide bonds. The van der Waals surface area contributed by atoms with Gasteiger partial charge in [0.1, 0.15) is 5.82 Å². The predicted molar refractivity (Wildman–Crippen MR) is 70.1 cm³/mol. The first-order chi connectivity index (χ1) is 8.22. The van der Waals surface area contributed by atoms with Crippen molar-refractivity contribution < 1.29 is 5.11 Å². The van der Waals surface area contributed by atoms with E-state index in [2.05, 4.69) is 16.8 Å². The number of hydrogen-bond donors (Lipinski definition) is 1. The Balaban J connectivity index is 2.07. The fraction of sp³-hybridized carbons (Fsp3) is 0.643. The van der Waals surface area contributed by atoms with Crippen LogP contribution in [0, 0.1) is 0 Å². The van der Waals surface area contributed by atoms with Gasteiger partial charge in [0.2, 0.25) is 0 Å². The van der Waals surface area contributed by atoms with E-state index >= 15 is 0 Å². The summed E-state index contributed by atoms with van der Waals surface area (Å²) in [6, 6.07) is 4.72. The lowest BCUT2D eigenvalue weighted by molar-refractivity contribution is 0.199. The molecule has 94 valence electrons. The second kappa shape index (κ2) is 5.50. The van der Waals surface area contributed by atoms with Crippen LogP contribution in [0.3, 0.4) is 0 Å². The lowest BCUT2D eigenvalue weighted by Gasteiger charge is -2.23. The minimum atomic E-state index is -0.429. The zero-order valence-electron chi connectivity index (χ0n) is 10.8. The molecule has 0 radical (unpaired) electrons. The monoisotopic (exact) mass is 234 g/mol. The van der Waals surface area contributed by atoms with E-state index in [1.165, 1.54) is 25.7 Å². The molecule has 1 fully saturated rings. The highest BCUT2D eigenvalue weighted by atomic mass is 16.3. The summed E-state index contributed by atoms with van der Waals surface area (Å²) in [7, 11) is 0. The number of unbranched alkanes of at least 4 members (excludes halogenated alkanes) is 1. The fourth-order valence-electron chi connectivity index (χ4n) is 2.01. The molecule has 0 aliphatic heterocycles. The van der Waals surface area contributed by atoms with Gasteiger partial charge in [-0.1, -0.05) is 19.4 Å². The number of aliphatic hydroxyl groups is 1. The topological polar surface area (TPSA) is 36.4 Å². The molecule has 0 aromatic carbocycles. The van der Waals surface area contributed by atoms with E-state index < -0.39 is 6.10 Å². The highest BCUT2D eigenvalue weighted by Gasteiger charge is 2.29. The summed E-state index contributed by atoms with van der Waals surface area (Å²) in [5.41, 5.74) is 0.889. The molecule has 1 aliphatic carbocycles. The summed E-state index contributed by atoms with van der Waals surface area (Å²) in [4.78, 5) is 6.89. The molecular weight excluding hydrogens is 212 g/mol. The van der Waals surface area contributed by atoms with Crippen molar-refractivity contribution in [1.82, 2.24) is 4.98 Å². The standard InChI is InChI=1S/C14H22N2O/c1-3-4-9-16(13-6-7-13)14-8-5-12(10-15-14)11(2)17/h5,8,10-11,13,17H,3-4,6-7,9H2,1-2H3/t11-/m1/s1. The van der Waals surface area contributed by atoms with Gasteiger partial charge < -0.3 is 10.0 Å². The molecule has 1 heterocycles. The number of rotatable bonds is 6. The number of aromatic nitrogens is 1. The predicted octanol–water partition coefficient (Wildman–Crippen LogP) is 2.90. The van der Waals surface area contributed by atoms with E-state index in [0.717, 1.165) is 17.9 Å². The van der Waals surface area contributed by atoms with Crippen LogP contribution in [0.5, 0.6) is 0 Å². The third-order valence-electron chi connectivity index (χ3n) is 3.29. The van der Waals surface area contributed by atoms with Gasteiger partial charge in [0.25, 0.3) is 0 Å². The Bertz CT molecular complexity index is 344. The van der Waals surface area contributed by atoms with Gasteiger partial charge in [0.05, 0.1) is 6.10 Å². The molecule has 2 rings (SSSR count). The summed E-state index contributed by atoms with van der Waals surface area (Å²) in [5, 5.41) is 9.46. The van der Waals surface area contributed by atoms with Crippen molar-refractivity contribution in [1.29, 1.82) is 0 Å². The minimum Gasteiger partial charge on any atom is -0.389 e. The number of pyridine rings is 1. The molecule has 0 saturated heterocycles. The summed E-state index contributed by atoms with van der Waals surface area (Å²) in [6.07, 6.45) is 6.39. The Morgan fingerprint density at radius 1 is 1.47 bits per heavy atom. The van der Waals surface area contributed by atoms with Crippen LogP contribution in [-0.4, -0.2) is 22.7 Å². The average Bonchev–Trinajstić information content (AvgIpc) is 3.14. The minimum absolute atomic E-state index is 0.429. The summed E-state index contributed by atoms with van der Waals surface area (Å²) >= 11 is 0. The fourth-order valence-corrected chi connectivity index (χ4v) is 2.01. The van der Waals surface area contributed by atoms with Crippen LogP contribution in [-0.2, 0) is 0 Å². The van der Waals surface area contributed by atoms with Gasteiger partial charge >= 0.3 is 0 Å². The molecule has 0 bridgehead atoms. The van der Waals surface area contributed by atoms with Crippen LogP contribution in [0.2, 0.25) is 0 Å². The van der Waals surface area contributed by atoms with Crippen molar-refractivity contribution >= 4 is 5.82 Å². The Morgan fingerprint density at radius 2 is 2.24 bits per heavy atom. The van der Waals surface area contributed by atoms with Crippen molar-refractivity contribution in [3.63, 3.8) is 0 Å². The molecule has 17 heavy (non-hydrogen) atoms. The summed E-state index contributed by atoms with van der Waals surface area (Å²) in [5.74, 6) is 1.06. The lowest BCUT2D eigenvalue weighted by atomic mass is 10.2. The lowest BCUT2D eigenvalue weighted by Crippen LogP contribution is -2.27. The van der Waals surface area contributed by atoms with Crippen LogP contribution >= 0.6 is 0 Å². The third kappa shape index (κ3) is 3.19. The van der Waals surface area contributed by atoms with Crippen LogP contribution < -0.4 is 4.90 Å². The van der Waals surface area contributed by atoms with Gasteiger partial charge in [-0.05, 0) is 37.8 Å². The maximum atomic E-state index is 9.46. The molecule has 1 N–H and O–H groups in total. The van der Waals surface area contributed by atoms with Crippen molar-refractivity contribution in [3.05, 3.63) is 23.9 Å². The van der Waals surface area contributed by atoms with Crippen LogP contribution in [0.4, 0.5) is 5.82 Å². The van der Waals surface area contributed by atoms with Crippen molar-refractivity contribution in [2.45, 2.75) is 51.7 Å². The quantitative estimate of drug-likeness (QED) is 0.822. The molecule has 1 saturated carbocycles. The first kappa shape index (κ1) is 12.4. The first-order valence-corrected chi connectivity index (χ1v) is 6.63. The Morgan fingerprint density at radius 3 is 2.71 bits per heavy atom. The normalized spacial score (nSPS) is 16.9. The number of hydrogen-bond acceptors (Lipinski definition) is 3. The third-order valence-corrected chi connectivity index (χ3v) is 3.29. The number of nitrogens with zero attached hydrogens (tertiary/aromatic N) is 2. The van der Waals surface area contributed by atoms with Crippen LogP contribution in [0.15, 0.2) is 18.3 Å². The molecular formula is C14H22N2O. The molecule has 1 atom stereocenters. The maximum absolute atomic E-state index is 9.46. The zero-order chi connectivity index (χ0) is 12.3. The highest BCUT2D eigenvalue weighted by Crippen LogP contribution is 2.31. The van der Waals surface area contributed by atoms with Gasteiger partial charge in [-0.15, -0.1) is 0 Å². The molecule has 0 unspecified atom stereocenters. The van der Waals surface area contributed by atoms with Gasteiger partial charge in [-0.2, -0.15) is 0 Å². The van der Waals surface area contributed by atoms with E-state index in [0.29, 0.717) is 6.04 Å². The van der Waals surface area contributed by atoms with Gasteiger partial charge in [0.15, 0.2) is 0 Å². The van der Waals surface area contributed by atoms with E-state index in [9.17, 15) is 5.11 Å². The summed E-state index contributed by atoms with van der Waals surface area (Å²) < 4.78 is 0. The molecule has 1 aromatic rings. The number of anilines is 1. The largest absolute Gasteiger partial charge is 0.389 e. The van der Waals surface area contributed by atoms with Crippen molar-refractivity contribution in [3.8, 4) is 0 Å². The van der Waals surface area contributed by atoms with Crippen molar-refractivity contribution in [2.75, 3.05) is 11.4 Å². The molecule has 0 spiro atoms. The highest BCUT2D eigenvalue weighted by molar-refractivity contribution is 5.42. The second-order valence-corrected chi connectivity index (χ2v) is 4.90. The van der Waals surface area contributed by atoms with E-state index in [1.54, 1.807) is 13.1 Å². The van der Waals surface area contributed by atoms with Gasteiger partial charge in [0, 0.05) is 18.8 Å². The smallest absolute Gasteiger partial charge is 0.128 e. The Kier molecular flexibility index (Phi) is 4.00. The van der Waals surface area contributed by atoms with Crippen LogP contribution in [0.25, 0.3) is 0 Å². The van der Waals surface area contributed by atoms with E-state index in [-0.39, 0.29) is 0 Å². The molecule has 1 aromatic heterocycles. The second-order valence-electron chi connectivity index (χ2n) is 4.90. The molecule has 1 aliphatic rings. The Labute approximate surface area is 103 Å². The van der Waals surface area contributed by atoms with Crippen LogP contribution in [0.1, 0.15) is 51.2 Å². The van der Waals surface area contributed by atoms with Gasteiger partial charge in [-0.25, -0.2) is 4.98 Å². The zero-order valence-corrected chi connectivity index (χ0v) is 10.8. The first-order valence-electron chi connectivity index (χ1n) is 6.63. The SMILES string of the molecule is CCCCN(c1ccc([C@@H](C)O)cn1)C1CC1. The van der Waals surface area contributed by atoms with Gasteiger partial charge in [-0.3, -0.25) is 0 Å². The number of aliphatic hydroxyl groups excluding tert-OH is 1. The van der Waals surface area contributed by atoms with E-state index in [1.807, 2.05) is 12.1 Å². The van der Waals surface area contributed by atoms with Crippen molar-refractivity contribution in [2.24, 2.45) is 0 Å². The molecule has 3 nitrogen and oxygen atoms in total.